The van der Waals surface area contributed by atoms with Crippen LogP contribution >= 0.6 is 0 Å². The first-order valence-electron chi connectivity index (χ1n) is 5.11. The molecule has 3 nitrogen and oxygen atoms in total. The second-order valence-electron chi connectivity index (χ2n) is 4.15. The van der Waals surface area contributed by atoms with E-state index in [1.54, 1.807) is 0 Å². The van der Waals surface area contributed by atoms with Crippen molar-refractivity contribution in [1.29, 1.82) is 0 Å². The van der Waals surface area contributed by atoms with Gasteiger partial charge in [-0.3, -0.25) is 4.79 Å². The fraction of sp³-hybridized carbons (Fsp3) is 0.900. The van der Waals surface area contributed by atoms with Crippen LogP contribution in [-0.4, -0.2) is 23.8 Å². The summed E-state index contributed by atoms with van der Waals surface area (Å²) in [6.45, 7) is 0.839. The van der Waals surface area contributed by atoms with Crippen molar-refractivity contribution in [3.63, 3.8) is 0 Å². The van der Waals surface area contributed by atoms with Gasteiger partial charge in [0, 0.05) is 13.0 Å². The minimum absolute atomic E-state index is 0.338. The van der Waals surface area contributed by atoms with Crippen LogP contribution in [0.25, 0.3) is 0 Å². The van der Waals surface area contributed by atoms with E-state index in [1.807, 2.05) is 0 Å². The molecule has 2 aliphatic rings. The van der Waals surface area contributed by atoms with E-state index in [1.165, 1.54) is 0 Å². The highest BCUT2D eigenvalue weighted by molar-refractivity contribution is 5.67. The Morgan fingerprint density at radius 3 is 3.00 bits per heavy atom. The number of rotatable bonds is 2. The lowest BCUT2D eigenvalue weighted by Crippen LogP contribution is -2.30. The second kappa shape index (κ2) is 3.66. The van der Waals surface area contributed by atoms with E-state index in [9.17, 15) is 4.79 Å². The van der Waals surface area contributed by atoms with E-state index in [0.717, 1.165) is 32.3 Å². The molecule has 2 rings (SSSR count). The molecule has 13 heavy (non-hydrogen) atoms. The molecular formula is C10H16O3. The molecule has 1 aliphatic heterocycles. The lowest BCUT2D eigenvalue weighted by molar-refractivity contribution is -0.139. The molecule has 1 heterocycles. The Labute approximate surface area is 78.1 Å². The number of aliphatic carboxylic acids is 1. The molecule has 74 valence electrons. The zero-order chi connectivity index (χ0) is 9.26. The minimum atomic E-state index is -0.655. The van der Waals surface area contributed by atoms with E-state index in [-0.39, 0.29) is 0 Å². The molecule has 0 unspecified atom stereocenters. The fourth-order valence-corrected chi connectivity index (χ4v) is 2.77. The molecule has 1 saturated heterocycles. The normalized spacial score (nSPS) is 38.6. The number of carbonyl (C=O) groups is 1. The zero-order valence-corrected chi connectivity index (χ0v) is 7.74. The number of hydrogen-bond acceptors (Lipinski definition) is 2. The first-order chi connectivity index (χ1) is 6.27. The third kappa shape index (κ3) is 1.85. The molecule has 0 radical (unpaired) electrons. The highest BCUT2D eigenvalue weighted by Crippen LogP contribution is 2.39. The molecule has 0 bridgehead atoms. The largest absolute Gasteiger partial charge is 0.481 e. The molecule has 1 N–H and O–H groups in total. The topological polar surface area (TPSA) is 46.5 Å². The summed E-state index contributed by atoms with van der Waals surface area (Å²) >= 11 is 0. The van der Waals surface area contributed by atoms with Crippen LogP contribution in [-0.2, 0) is 9.53 Å². The maximum absolute atomic E-state index is 10.6. The van der Waals surface area contributed by atoms with E-state index >= 15 is 0 Å². The number of ether oxygens (including phenoxy) is 1. The number of fused-ring (bicyclic) bond motifs is 1. The Morgan fingerprint density at radius 2 is 2.23 bits per heavy atom. The van der Waals surface area contributed by atoms with E-state index < -0.39 is 5.97 Å². The molecule has 0 aromatic rings. The smallest absolute Gasteiger partial charge is 0.303 e. The summed E-state index contributed by atoms with van der Waals surface area (Å²) in [5.41, 5.74) is 0. The Bertz CT molecular complexity index is 202. The maximum Gasteiger partial charge on any atom is 0.303 e. The first kappa shape index (κ1) is 9.00. The van der Waals surface area contributed by atoms with Gasteiger partial charge in [-0.15, -0.1) is 0 Å². The van der Waals surface area contributed by atoms with Gasteiger partial charge in [-0.25, -0.2) is 0 Å². The van der Waals surface area contributed by atoms with Gasteiger partial charge in [0.25, 0.3) is 0 Å². The lowest BCUT2D eigenvalue weighted by atomic mass is 9.75. The van der Waals surface area contributed by atoms with Gasteiger partial charge in [-0.2, -0.15) is 0 Å². The van der Waals surface area contributed by atoms with Gasteiger partial charge in [0.15, 0.2) is 0 Å². The maximum atomic E-state index is 10.6. The molecular weight excluding hydrogens is 168 g/mol. The van der Waals surface area contributed by atoms with Crippen molar-refractivity contribution in [1.82, 2.24) is 0 Å². The van der Waals surface area contributed by atoms with Crippen molar-refractivity contribution in [3.8, 4) is 0 Å². The van der Waals surface area contributed by atoms with E-state index in [4.69, 9.17) is 9.84 Å². The zero-order valence-electron chi connectivity index (χ0n) is 7.74. The van der Waals surface area contributed by atoms with E-state index in [2.05, 4.69) is 0 Å². The first-order valence-corrected chi connectivity index (χ1v) is 5.11. The average molecular weight is 184 g/mol. The Morgan fingerprint density at radius 1 is 1.38 bits per heavy atom. The Kier molecular flexibility index (Phi) is 2.54. The Hall–Kier alpha value is -0.570. The molecule has 2 fully saturated rings. The molecule has 0 spiro atoms. The van der Waals surface area contributed by atoms with Crippen LogP contribution in [0.3, 0.4) is 0 Å². The summed E-state index contributed by atoms with van der Waals surface area (Å²) in [7, 11) is 0. The van der Waals surface area contributed by atoms with Crippen molar-refractivity contribution < 1.29 is 14.6 Å². The average Bonchev–Trinajstić information content (AvgIpc) is 2.51. The van der Waals surface area contributed by atoms with Gasteiger partial charge in [-0.1, -0.05) is 6.42 Å². The van der Waals surface area contributed by atoms with Gasteiger partial charge < -0.3 is 9.84 Å². The van der Waals surface area contributed by atoms with Gasteiger partial charge in [0.2, 0.25) is 0 Å². The van der Waals surface area contributed by atoms with Crippen LogP contribution in [0.5, 0.6) is 0 Å². The fourth-order valence-electron chi connectivity index (χ4n) is 2.77. The molecule has 1 aliphatic carbocycles. The third-order valence-corrected chi connectivity index (χ3v) is 3.37. The van der Waals surface area contributed by atoms with Gasteiger partial charge in [-0.05, 0) is 31.1 Å². The molecule has 3 heteroatoms. The molecule has 3 atom stereocenters. The van der Waals surface area contributed by atoms with Crippen LogP contribution in [0.1, 0.15) is 32.1 Å². The third-order valence-electron chi connectivity index (χ3n) is 3.37. The summed E-state index contributed by atoms with van der Waals surface area (Å²) in [4.78, 5) is 10.6. The quantitative estimate of drug-likeness (QED) is 0.710. The van der Waals surface area contributed by atoms with Crippen molar-refractivity contribution in [2.75, 3.05) is 6.61 Å². The summed E-state index contributed by atoms with van der Waals surface area (Å²) in [5.74, 6) is 0.251. The summed E-state index contributed by atoms with van der Waals surface area (Å²) in [5, 5.41) is 8.74. The van der Waals surface area contributed by atoms with Crippen LogP contribution in [0.15, 0.2) is 0 Å². The highest BCUT2D eigenvalue weighted by Gasteiger charge is 2.38. The number of hydrogen-bond donors (Lipinski definition) is 1. The number of carboxylic acids is 1. The predicted octanol–water partition coefficient (Wildman–Crippen LogP) is 1.67. The second-order valence-corrected chi connectivity index (χ2v) is 4.15. The van der Waals surface area contributed by atoms with Crippen molar-refractivity contribution in [3.05, 3.63) is 0 Å². The minimum Gasteiger partial charge on any atom is -0.481 e. The van der Waals surface area contributed by atoms with E-state index in [0.29, 0.717) is 24.4 Å². The van der Waals surface area contributed by atoms with Crippen LogP contribution in [0.4, 0.5) is 0 Å². The van der Waals surface area contributed by atoms with Crippen molar-refractivity contribution in [2.24, 2.45) is 11.8 Å². The van der Waals surface area contributed by atoms with Crippen LogP contribution < -0.4 is 0 Å². The lowest BCUT2D eigenvalue weighted by Gasteiger charge is -2.31. The molecule has 0 aromatic heterocycles. The molecule has 0 aromatic carbocycles. The van der Waals surface area contributed by atoms with Gasteiger partial charge in [0.05, 0.1) is 6.10 Å². The molecule has 0 amide bonds. The summed E-state index contributed by atoms with van der Waals surface area (Å²) in [6, 6.07) is 0. The summed E-state index contributed by atoms with van der Waals surface area (Å²) < 4.78 is 5.58. The number of carboxylic acid groups (broad SMARTS) is 1. The summed E-state index contributed by atoms with van der Waals surface area (Å²) in [6.07, 6.45) is 5.14. The SMILES string of the molecule is O=C(O)C[C@H]1CCC[C@@H]2OCC[C@H]12. The van der Waals surface area contributed by atoms with Gasteiger partial charge >= 0.3 is 5.97 Å². The Balaban J connectivity index is 1.97. The van der Waals surface area contributed by atoms with Crippen molar-refractivity contribution >= 4 is 5.97 Å². The van der Waals surface area contributed by atoms with Crippen molar-refractivity contribution in [2.45, 2.75) is 38.2 Å². The van der Waals surface area contributed by atoms with Gasteiger partial charge in [0.1, 0.15) is 0 Å². The van der Waals surface area contributed by atoms with Crippen LogP contribution in [0.2, 0.25) is 0 Å². The van der Waals surface area contributed by atoms with Crippen LogP contribution in [0, 0.1) is 11.8 Å². The standard InChI is InChI=1S/C10H16O3/c11-10(12)6-7-2-1-3-9-8(7)4-5-13-9/h7-9H,1-6H2,(H,11,12)/t7-,8-,9+/m1/s1. The monoisotopic (exact) mass is 184 g/mol. The molecule has 1 saturated carbocycles. The highest BCUT2D eigenvalue weighted by atomic mass is 16.5. The predicted molar refractivity (Wildman–Crippen MR) is 47.4 cm³/mol.